The van der Waals surface area contributed by atoms with Gasteiger partial charge in [-0.25, -0.2) is 13.2 Å². The summed E-state index contributed by atoms with van der Waals surface area (Å²) in [4.78, 5) is 16.6. The molecule has 1 aromatic rings. The maximum atomic E-state index is 12.4. The van der Waals surface area contributed by atoms with E-state index in [2.05, 4.69) is 4.90 Å². The SMILES string of the molecule is CC(C)(C)OC(=O)N1CCC(N2CCN(S(C)(=O)=O)C[C@@H]2Cc2ccc(Cl)cc2)CC1. The molecule has 9 heteroatoms. The maximum absolute atomic E-state index is 12.4. The Morgan fingerprint density at radius 3 is 2.26 bits per heavy atom. The Bertz CT molecular complexity index is 862. The number of ether oxygens (including phenoxy) is 1. The van der Waals surface area contributed by atoms with Gasteiger partial charge in [0.25, 0.3) is 0 Å². The molecule has 0 radical (unpaired) electrons. The molecule has 2 aliphatic heterocycles. The van der Waals surface area contributed by atoms with E-state index in [-0.39, 0.29) is 12.1 Å². The first kappa shape index (κ1) is 24.3. The largest absolute Gasteiger partial charge is 0.444 e. The molecule has 0 aliphatic carbocycles. The van der Waals surface area contributed by atoms with E-state index in [0.29, 0.717) is 43.8 Å². The van der Waals surface area contributed by atoms with Gasteiger partial charge in [0.05, 0.1) is 6.26 Å². The van der Waals surface area contributed by atoms with Crippen LogP contribution in [0.2, 0.25) is 5.02 Å². The molecule has 2 aliphatic rings. The third-order valence-electron chi connectivity index (χ3n) is 5.93. The number of rotatable bonds is 4. The predicted octanol–water partition coefficient (Wildman–Crippen LogP) is 3.23. The fourth-order valence-corrected chi connectivity index (χ4v) is 5.39. The number of piperazine rings is 1. The van der Waals surface area contributed by atoms with Gasteiger partial charge in [0.2, 0.25) is 10.0 Å². The topological polar surface area (TPSA) is 70.2 Å². The molecule has 2 heterocycles. The lowest BCUT2D eigenvalue weighted by Crippen LogP contribution is -2.60. The van der Waals surface area contributed by atoms with Crippen LogP contribution in [0.25, 0.3) is 0 Å². The summed E-state index contributed by atoms with van der Waals surface area (Å²) in [5.41, 5.74) is 0.639. The molecule has 3 rings (SSSR count). The van der Waals surface area contributed by atoms with Crippen molar-refractivity contribution >= 4 is 27.7 Å². The number of benzene rings is 1. The Hall–Kier alpha value is -1.35. The van der Waals surface area contributed by atoms with Crippen LogP contribution in [0.5, 0.6) is 0 Å². The third-order valence-corrected chi connectivity index (χ3v) is 7.45. The number of halogens is 1. The lowest BCUT2D eigenvalue weighted by atomic mass is 9.96. The van der Waals surface area contributed by atoms with Gasteiger partial charge in [-0.15, -0.1) is 0 Å². The van der Waals surface area contributed by atoms with Gasteiger partial charge < -0.3 is 9.64 Å². The maximum Gasteiger partial charge on any atom is 0.410 e. The number of carbonyl (C=O) groups is 1. The van der Waals surface area contributed by atoms with Crippen LogP contribution < -0.4 is 0 Å². The molecule has 0 bridgehead atoms. The number of amides is 1. The van der Waals surface area contributed by atoms with Crippen LogP contribution >= 0.6 is 11.6 Å². The van der Waals surface area contributed by atoms with E-state index in [1.807, 2.05) is 45.0 Å². The molecule has 1 amide bonds. The van der Waals surface area contributed by atoms with Crippen molar-refractivity contribution in [1.29, 1.82) is 0 Å². The number of likely N-dealkylation sites (tertiary alicyclic amines) is 1. The van der Waals surface area contributed by atoms with Crippen molar-refractivity contribution in [3.8, 4) is 0 Å². The lowest BCUT2D eigenvalue weighted by Gasteiger charge is -2.47. The van der Waals surface area contributed by atoms with Crippen LogP contribution in [0.15, 0.2) is 24.3 Å². The van der Waals surface area contributed by atoms with Crippen molar-refractivity contribution in [1.82, 2.24) is 14.1 Å². The van der Waals surface area contributed by atoms with Crippen LogP contribution in [-0.2, 0) is 21.2 Å². The first-order valence-electron chi connectivity index (χ1n) is 10.9. The van der Waals surface area contributed by atoms with Crippen molar-refractivity contribution in [2.24, 2.45) is 0 Å². The molecule has 1 atom stereocenters. The summed E-state index contributed by atoms with van der Waals surface area (Å²) in [6.07, 6.45) is 3.49. The molecule has 0 aromatic heterocycles. The molecule has 2 fully saturated rings. The predicted molar refractivity (Wildman–Crippen MR) is 123 cm³/mol. The van der Waals surface area contributed by atoms with Gasteiger partial charge in [-0.1, -0.05) is 23.7 Å². The number of hydrogen-bond donors (Lipinski definition) is 0. The van der Waals surface area contributed by atoms with Crippen LogP contribution in [-0.4, -0.2) is 85.3 Å². The van der Waals surface area contributed by atoms with E-state index in [0.717, 1.165) is 24.8 Å². The first-order chi connectivity index (χ1) is 14.4. The summed E-state index contributed by atoms with van der Waals surface area (Å²) in [6, 6.07) is 8.16. The Balaban J connectivity index is 1.68. The van der Waals surface area contributed by atoms with E-state index in [1.165, 1.54) is 6.26 Å². The van der Waals surface area contributed by atoms with E-state index < -0.39 is 15.6 Å². The summed E-state index contributed by atoms with van der Waals surface area (Å²) in [7, 11) is -3.23. The van der Waals surface area contributed by atoms with Gasteiger partial charge in [-0.3, -0.25) is 4.90 Å². The molecular weight excluding hydrogens is 438 g/mol. The normalized spacial score (nSPS) is 22.5. The van der Waals surface area contributed by atoms with E-state index in [4.69, 9.17) is 16.3 Å². The minimum Gasteiger partial charge on any atom is -0.444 e. The van der Waals surface area contributed by atoms with Gasteiger partial charge in [0.15, 0.2) is 0 Å². The number of sulfonamides is 1. The van der Waals surface area contributed by atoms with Crippen LogP contribution in [0, 0.1) is 0 Å². The highest BCUT2D eigenvalue weighted by Gasteiger charge is 2.37. The van der Waals surface area contributed by atoms with Crippen molar-refractivity contribution in [3.05, 3.63) is 34.9 Å². The van der Waals surface area contributed by atoms with Crippen molar-refractivity contribution in [2.45, 2.75) is 57.7 Å². The molecule has 7 nitrogen and oxygen atoms in total. The van der Waals surface area contributed by atoms with Crippen molar-refractivity contribution < 1.29 is 17.9 Å². The van der Waals surface area contributed by atoms with Gasteiger partial charge in [-0.2, -0.15) is 4.31 Å². The Labute approximate surface area is 191 Å². The van der Waals surface area contributed by atoms with Crippen LogP contribution in [0.1, 0.15) is 39.2 Å². The van der Waals surface area contributed by atoms with E-state index in [1.54, 1.807) is 9.21 Å². The standard InChI is InChI=1S/C22H34ClN3O4S/c1-22(2,3)30-21(27)24-11-9-19(10-12-24)26-14-13-25(31(4,28)29)16-20(26)15-17-5-7-18(23)8-6-17/h5-8,19-20H,9-16H2,1-4H3/t20-/m0/s1. The highest BCUT2D eigenvalue weighted by atomic mass is 35.5. The highest BCUT2D eigenvalue weighted by Crippen LogP contribution is 2.26. The molecular formula is C22H34ClN3O4S. The minimum atomic E-state index is -3.23. The number of carbonyl (C=O) groups excluding carboxylic acids is 1. The van der Waals surface area contributed by atoms with Crippen molar-refractivity contribution in [3.63, 3.8) is 0 Å². The fraction of sp³-hybridized carbons (Fsp3) is 0.682. The average Bonchev–Trinajstić information content (AvgIpc) is 2.68. The number of nitrogens with zero attached hydrogens (tertiary/aromatic N) is 3. The monoisotopic (exact) mass is 471 g/mol. The van der Waals surface area contributed by atoms with Crippen molar-refractivity contribution in [2.75, 3.05) is 39.0 Å². The van der Waals surface area contributed by atoms with Gasteiger partial charge in [0.1, 0.15) is 5.60 Å². The molecule has 2 saturated heterocycles. The molecule has 0 N–H and O–H groups in total. The zero-order chi connectivity index (χ0) is 22.8. The average molecular weight is 472 g/mol. The second-order valence-electron chi connectivity index (χ2n) is 9.54. The second-order valence-corrected chi connectivity index (χ2v) is 12.0. The highest BCUT2D eigenvalue weighted by molar-refractivity contribution is 7.88. The molecule has 0 saturated carbocycles. The number of hydrogen-bond acceptors (Lipinski definition) is 5. The summed E-state index contributed by atoms with van der Waals surface area (Å²) in [6.45, 7) is 8.61. The third kappa shape index (κ3) is 6.81. The first-order valence-corrected chi connectivity index (χ1v) is 13.1. The minimum absolute atomic E-state index is 0.0859. The summed E-state index contributed by atoms with van der Waals surface area (Å²) in [5, 5.41) is 0.691. The second kappa shape index (κ2) is 9.65. The Kier molecular flexibility index (Phi) is 7.56. The zero-order valence-electron chi connectivity index (χ0n) is 18.9. The summed E-state index contributed by atoms with van der Waals surface area (Å²) >= 11 is 6.03. The quantitative estimate of drug-likeness (QED) is 0.674. The molecule has 0 spiro atoms. The van der Waals surface area contributed by atoms with Crippen LogP contribution in [0.4, 0.5) is 4.79 Å². The molecule has 1 aromatic carbocycles. The Morgan fingerprint density at radius 1 is 1.10 bits per heavy atom. The summed E-state index contributed by atoms with van der Waals surface area (Å²) in [5.74, 6) is 0. The zero-order valence-corrected chi connectivity index (χ0v) is 20.5. The Morgan fingerprint density at radius 2 is 1.71 bits per heavy atom. The fourth-order valence-electron chi connectivity index (χ4n) is 4.40. The smallest absolute Gasteiger partial charge is 0.410 e. The molecule has 174 valence electrons. The molecule has 0 unspecified atom stereocenters. The lowest BCUT2D eigenvalue weighted by molar-refractivity contribution is 0.00447. The van der Waals surface area contributed by atoms with E-state index >= 15 is 0 Å². The molecule has 31 heavy (non-hydrogen) atoms. The summed E-state index contributed by atoms with van der Waals surface area (Å²) < 4.78 is 31.4. The van der Waals surface area contributed by atoms with E-state index in [9.17, 15) is 13.2 Å². The van der Waals surface area contributed by atoms with Gasteiger partial charge >= 0.3 is 6.09 Å². The number of piperidine rings is 1. The van der Waals surface area contributed by atoms with Gasteiger partial charge in [-0.05, 0) is 57.7 Å². The van der Waals surface area contributed by atoms with Gasteiger partial charge in [0, 0.05) is 49.8 Å². The van der Waals surface area contributed by atoms with Crippen LogP contribution in [0.3, 0.4) is 0 Å².